The molecule has 0 fully saturated rings. The van der Waals surface area contributed by atoms with Crippen molar-refractivity contribution >= 4 is 23.4 Å². The van der Waals surface area contributed by atoms with Gasteiger partial charge in [-0.15, -0.1) is 10.2 Å². The van der Waals surface area contributed by atoms with Gasteiger partial charge in [0, 0.05) is 26.1 Å². The Bertz CT molecular complexity index is 518. The zero-order valence-corrected chi connectivity index (χ0v) is 11.6. The van der Waals surface area contributed by atoms with Gasteiger partial charge in [0.15, 0.2) is 5.16 Å². The van der Waals surface area contributed by atoms with Crippen molar-refractivity contribution in [3.8, 4) is 0 Å². The van der Waals surface area contributed by atoms with Gasteiger partial charge in [-0.2, -0.15) is 0 Å². The summed E-state index contributed by atoms with van der Waals surface area (Å²) in [4.78, 5) is 8.54. The summed E-state index contributed by atoms with van der Waals surface area (Å²) in [5, 5.41) is 11.7. The van der Waals surface area contributed by atoms with Crippen LogP contribution < -0.4 is 16.6 Å². The van der Waals surface area contributed by atoms with Crippen LogP contribution in [0.1, 0.15) is 5.82 Å². The Morgan fingerprint density at radius 1 is 1.37 bits per heavy atom. The minimum absolute atomic E-state index is 0.584. The van der Waals surface area contributed by atoms with Gasteiger partial charge in [0.25, 0.3) is 0 Å². The number of rotatable bonds is 6. The van der Waals surface area contributed by atoms with Crippen molar-refractivity contribution in [3.63, 3.8) is 0 Å². The van der Waals surface area contributed by atoms with Crippen LogP contribution in [0.2, 0.25) is 0 Å². The second-order valence-corrected chi connectivity index (χ2v) is 4.58. The lowest BCUT2D eigenvalue weighted by atomic mass is 10.4. The molecule has 0 atom stereocenters. The van der Waals surface area contributed by atoms with Gasteiger partial charge in [-0.1, -0.05) is 11.8 Å². The van der Waals surface area contributed by atoms with Crippen molar-refractivity contribution in [2.45, 2.75) is 11.6 Å². The lowest BCUT2D eigenvalue weighted by Crippen LogP contribution is -2.13. The topological polar surface area (TPSA) is 107 Å². The maximum Gasteiger partial charge on any atom is 0.191 e. The summed E-state index contributed by atoms with van der Waals surface area (Å²) in [5.41, 5.74) is 2.52. The minimum Gasteiger partial charge on any atom is -0.369 e. The summed E-state index contributed by atoms with van der Waals surface area (Å²) in [6, 6.07) is 1.76. The maximum atomic E-state index is 5.37. The average molecular weight is 280 g/mol. The van der Waals surface area contributed by atoms with E-state index in [1.54, 1.807) is 12.4 Å². The summed E-state index contributed by atoms with van der Waals surface area (Å²) in [6.07, 6.45) is 4.36. The fourth-order valence-corrected chi connectivity index (χ4v) is 1.90. The van der Waals surface area contributed by atoms with Gasteiger partial charge in [0.1, 0.15) is 23.8 Å². The molecule has 0 saturated heterocycles. The first-order valence-electron chi connectivity index (χ1n) is 5.69. The number of thioether (sulfide) groups is 1. The lowest BCUT2D eigenvalue weighted by molar-refractivity contribution is 0.786. The normalized spacial score (nSPS) is 10.5. The van der Waals surface area contributed by atoms with Crippen LogP contribution in [0.5, 0.6) is 0 Å². The number of aryl methyl sites for hydroxylation is 1. The van der Waals surface area contributed by atoms with Crippen LogP contribution in [-0.4, -0.2) is 37.5 Å². The second kappa shape index (κ2) is 6.34. The molecule has 2 aromatic heterocycles. The standard InChI is InChI=1S/C10H16N8S/c1-18-6-13-17-9(18)3-4-12-7-5-8(16-11)15-10(14-7)19-2/h5-6H,3-4,11H2,1-2H3,(H2,12,14,15,16). The van der Waals surface area contributed by atoms with E-state index in [2.05, 4.69) is 30.9 Å². The van der Waals surface area contributed by atoms with E-state index in [0.717, 1.165) is 18.1 Å². The zero-order valence-electron chi connectivity index (χ0n) is 10.8. The third kappa shape index (κ3) is 3.55. The smallest absolute Gasteiger partial charge is 0.191 e. The van der Waals surface area contributed by atoms with E-state index in [-0.39, 0.29) is 0 Å². The summed E-state index contributed by atoms with van der Waals surface area (Å²) >= 11 is 1.46. The molecule has 0 aromatic carbocycles. The number of hydrazine groups is 1. The van der Waals surface area contributed by atoms with Gasteiger partial charge in [-0.05, 0) is 6.26 Å². The lowest BCUT2D eigenvalue weighted by Gasteiger charge is -2.08. The minimum atomic E-state index is 0.584. The first kappa shape index (κ1) is 13.6. The maximum absolute atomic E-state index is 5.37. The zero-order chi connectivity index (χ0) is 13.7. The molecule has 8 nitrogen and oxygen atoms in total. The molecule has 0 amide bonds. The fraction of sp³-hybridized carbons (Fsp3) is 0.400. The average Bonchev–Trinajstić information content (AvgIpc) is 2.84. The predicted molar refractivity (Wildman–Crippen MR) is 74.8 cm³/mol. The first-order valence-corrected chi connectivity index (χ1v) is 6.92. The molecule has 0 bridgehead atoms. The molecular formula is C10H16N8S. The van der Waals surface area contributed by atoms with Crippen LogP contribution in [0.4, 0.5) is 11.6 Å². The number of nitrogens with zero attached hydrogens (tertiary/aromatic N) is 5. The molecule has 0 aliphatic rings. The van der Waals surface area contributed by atoms with Crippen LogP contribution >= 0.6 is 11.8 Å². The number of hydrogen-bond acceptors (Lipinski definition) is 8. The summed E-state index contributed by atoms with van der Waals surface area (Å²) in [6.45, 7) is 0.710. The summed E-state index contributed by atoms with van der Waals surface area (Å²) in [5.74, 6) is 7.60. The molecule has 0 radical (unpaired) electrons. The Morgan fingerprint density at radius 3 is 2.79 bits per heavy atom. The quantitative estimate of drug-likeness (QED) is 0.299. The molecular weight excluding hydrogens is 264 g/mol. The molecule has 102 valence electrons. The van der Waals surface area contributed by atoms with Crippen molar-refractivity contribution in [1.82, 2.24) is 24.7 Å². The highest BCUT2D eigenvalue weighted by molar-refractivity contribution is 7.98. The van der Waals surface area contributed by atoms with E-state index in [9.17, 15) is 0 Å². The van der Waals surface area contributed by atoms with Gasteiger partial charge >= 0.3 is 0 Å². The van der Waals surface area contributed by atoms with Gasteiger partial charge in [0.2, 0.25) is 0 Å². The largest absolute Gasteiger partial charge is 0.369 e. The number of anilines is 2. The van der Waals surface area contributed by atoms with E-state index in [4.69, 9.17) is 5.84 Å². The Kier molecular flexibility index (Phi) is 4.53. The van der Waals surface area contributed by atoms with Crippen molar-refractivity contribution < 1.29 is 0 Å². The Hall–Kier alpha value is -1.87. The predicted octanol–water partition coefficient (Wildman–Crippen LogP) is 0.267. The van der Waals surface area contributed by atoms with Crippen molar-refractivity contribution in [3.05, 3.63) is 18.2 Å². The van der Waals surface area contributed by atoms with Gasteiger partial charge in [-0.25, -0.2) is 15.8 Å². The van der Waals surface area contributed by atoms with Crippen LogP contribution in [0.25, 0.3) is 0 Å². The molecule has 0 aliphatic heterocycles. The molecule has 0 unspecified atom stereocenters. The highest BCUT2D eigenvalue weighted by Crippen LogP contribution is 2.16. The van der Waals surface area contributed by atoms with Crippen molar-refractivity contribution in [2.24, 2.45) is 12.9 Å². The van der Waals surface area contributed by atoms with Crippen molar-refractivity contribution in [1.29, 1.82) is 0 Å². The van der Waals surface area contributed by atoms with E-state index >= 15 is 0 Å². The van der Waals surface area contributed by atoms with Gasteiger partial charge in [-0.3, -0.25) is 0 Å². The summed E-state index contributed by atoms with van der Waals surface area (Å²) in [7, 11) is 1.92. The van der Waals surface area contributed by atoms with Crippen molar-refractivity contribution in [2.75, 3.05) is 23.5 Å². The molecule has 2 aromatic rings. The van der Waals surface area contributed by atoms with Gasteiger partial charge < -0.3 is 15.3 Å². The van der Waals surface area contributed by atoms with E-state index in [0.29, 0.717) is 17.5 Å². The van der Waals surface area contributed by atoms with Crippen LogP contribution in [0, 0.1) is 0 Å². The first-order chi connectivity index (χ1) is 9.22. The molecule has 19 heavy (non-hydrogen) atoms. The third-order valence-electron chi connectivity index (χ3n) is 2.50. The molecule has 0 spiro atoms. The molecule has 0 aliphatic carbocycles. The second-order valence-electron chi connectivity index (χ2n) is 3.80. The van der Waals surface area contributed by atoms with Gasteiger partial charge in [0.05, 0.1) is 0 Å². The highest BCUT2D eigenvalue weighted by atomic mass is 32.2. The number of aromatic nitrogens is 5. The molecule has 2 heterocycles. The molecule has 9 heteroatoms. The number of nitrogen functional groups attached to an aromatic ring is 1. The Labute approximate surface area is 115 Å². The van der Waals surface area contributed by atoms with Crippen LogP contribution in [0.15, 0.2) is 17.6 Å². The summed E-state index contributed by atoms with van der Waals surface area (Å²) < 4.78 is 1.89. The third-order valence-corrected chi connectivity index (χ3v) is 3.04. The number of hydrogen-bond donors (Lipinski definition) is 3. The number of nitrogens with two attached hydrogens (primary N) is 1. The SMILES string of the molecule is CSc1nc(NN)cc(NCCc2nncn2C)n1. The van der Waals surface area contributed by atoms with Crippen LogP contribution in [0.3, 0.4) is 0 Å². The molecule has 2 rings (SSSR count). The highest BCUT2D eigenvalue weighted by Gasteiger charge is 2.04. The Balaban J connectivity index is 1.97. The molecule has 0 saturated carbocycles. The van der Waals surface area contributed by atoms with E-state index in [1.807, 2.05) is 17.9 Å². The molecule has 4 N–H and O–H groups in total. The van der Waals surface area contributed by atoms with Crippen LogP contribution in [-0.2, 0) is 13.5 Å². The van der Waals surface area contributed by atoms with E-state index < -0.39 is 0 Å². The number of nitrogens with one attached hydrogen (secondary N) is 2. The monoisotopic (exact) mass is 280 g/mol. The fourth-order valence-electron chi connectivity index (χ4n) is 1.52. The van der Waals surface area contributed by atoms with E-state index in [1.165, 1.54) is 11.8 Å². The Morgan fingerprint density at radius 2 is 2.16 bits per heavy atom.